The van der Waals surface area contributed by atoms with Crippen molar-refractivity contribution in [3.8, 4) is 0 Å². The van der Waals surface area contributed by atoms with E-state index < -0.39 is 0 Å². The van der Waals surface area contributed by atoms with E-state index in [4.69, 9.17) is 9.73 Å². The number of aryl methyl sites for hydroxylation is 1. The summed E-state index contributed by atoms with van der Waals surface area (Å²) in [6.45, 7) is 6.90. The first-order valence-corrected chi connectivity index (χ1v) is 11.7. The van der Waals surface area contributed by atoms with Gasteiger partial charge in [-0.05, 0) is 62.8 Å². The molecule has 1 saturated heterocycles. The molecule has 2 atom stereocenters. The van der Waals surface area contributed by atoms with Crippen molar-refractivity contribution in [2.75, 3.05) is 19.7 Å². The van der Waals surface area contributed by atoms with Crippen LogP contribution < -0.4 is 16.0 Å². The molecule has 6 nitrogen and oxygen atoms in total. The Morgan fingerprint density at radius 2 is 1.94 bits per heavy atom. The van der Waals surface area contributed by atoms with Crippen LogP contribution in [0.4, 0.5) is 0 Å². The van der Waals surface area contributed by atoms with Gasteiger partial charge in [0.15, 0.2) is 5.96 Å². The van der Waals surface area contributed by atoms with Crippen molar-refractivity contribution >= 4 is 11.9 Å². The molecule has 1 heterocycles. The van der Waals surface area contributed by atoms with Crippen molar-refractivity contribution in [1.82, 2.24) is 16.0 Å². The lowest BCUT2D eigenvalue weighted by molar-refractivity contribution is 0.0857. The molecular formula is C26H36N4O2. The van der Waals surface area contributed by atoms with E-state index in [9.17, 15) is 4.79 Å². The van der Waals surface area contributed by atoms with Crippen LogP contribution in [0.25, 0.3) is 0 Å². The normalized spacial score (nSPS) is 17.1. The molecule has 6 heteroatoms. The highest BCUT2D eigenvalue weighted by Gasteiger charge is 2.16. The number of hydrogen-bond acceptors (Lipinski definition) is 3. The summed E-state index contributed by atoms with van der Waals surface area (Å²) < 4.78 is 5.58. The molecule has 2 aromatic rings. The molecule has 0 radical (unpaired) electrons. The van der Waals surface area contributed by atoms with Crippen LogP contribution in [-0.2, 0) is 17.7 Å². The van der Waals surface area contributed by atoms with Gasteiger partial charge in [-0.15, -0.1) is 0 Å². The lowest BCUT2D eigenvalue weighted by Crippen LogP contribution is -2.42. The van der Waals surface area contributed by atoms with Crippen molar-refractivity contribution in [1.29, 1.82) is 0 Å². The third-order valence-corrected chi connectivity index (χ3v) is 5.56. The fourth-order valence-corrected chi connectivity index (χ4v) is 3.75. The molecule has 0 saturated carbocycles. The monoisotopic (exact) mass is 436 g/mol. The molecule has 3 rings (SSSR count). The standard InChI is InChI=1S/C26H36N4O2/c1-3-27-26(30-20(2)14-15-21-9-5-4-6-10-21)29-18-22-11-7-12-23(17-22)25(31)28-19-24-13-8-16-32-24/h4-7,9-12,17,20,24H,3,8,13-16,18-19H2,1-2H3,(H,28,31)(H2,27,29,30). The molecule has 3 N–H and O–H groups in total. The topological polar surface area (TPSA) is 74.8 Å². The first-order chi connectivity index (χ1) is 15.6. The molecule has 0 aliphatic carbocycles. The molecule has 2 aromatic carbocycles. The first-order valence-electron chi connectivity index (χ1n) is 11.7. The fraction of sp³-hybridized carbons (Fsp3) is 0.462. The van der Waals surface area contributed by atoms with E-state index in [1.54, 1.807) is 0 Å². The molecule has 1 fully saturated rings. The third-order valence-electron chi connectivity index (χ3n) is 5.56. The summed E-state index contributed by atoms with van der Waals surface area (Å²) in [5, 5.41) is 9.79. The fourth-order valence-electron chi connectivity index (χ4n) is 3.75. The van der Waals surface area contributed by atoms with Gasteiger partial charge in [0.2, 0.25) is 0 Å². The highest BCUT2D eigenvalue weighted by Crippen LogP contribution is 2.12. The summed E-state index contributed by atoms with van der Waals surface area (Å²) in [7, 11) is 0. The van der Waals surface area contributed by atoms with Gasteiger partial charge in [-0.2, -0.15) is 0 Å². The lowest BCUT2D eigenvalue weighted by atomic mass is 10.1. The Morgan fingerprint density at radius 3 is 2.69 bits per heavy atom. The lowest BCUT2D eigenvalue weighted by Gasteiger charge is -2.18. The second-order valence-electron chi connectivity index (χ2n) is 8.31. The number of guanidine groups is 1. The molecule has 1 aliphatic rings. The van der Waals surface area contributed by atoms with Crippen LogP contribution in [0.15, 0.2) is 59.6 Å². The summed E-state index contributed by atoms with van der Waals surface area (Å²) in [5.41, 5.74) is 3.01. The van der Waals surface area contributed by atoms with Crippen molar-refractivity contribution in [3.63, 3.8) is 0 Å². The average Bonchev–Trinajstić information content (AvgIpc) is 3.34. The van der Waals surface area contributed by atoms with Crippen LogP contribution in [0.2, 0.25) is 0 Å². The second-order valence-corrected chi connectivity index (χ2v) is 8.31. The quantitative estimate of drug-likeness (QED) is 0.392. The van der Waals surface area contributed by atoms with E-state index in [1.165, 1.54) is 5.56 Å². The zero-order chi connectivity index (χ0) is 22.6. The number of carbonyl (C=O) groups excluding carboxylic acids is 1. The van der Waals surface area contributed by atoms with E-state index in [2.05, 4.69) is 54.1 Å². The number of aliphatic imine (C=N–C) groups is 1. The van der Waals surface area contributed by atoms with Gasteiger partial charge >= 0.3 is 0 Å². The average molecular weight is 437 g/mol. The smallest absolute Gasteiger partial charge is 0.251 e. The SMILES string of the molecule is CCNC(=NCc1cccc(C(=O)NCC2CCCO2)c1)NC(C)CCc1ccccc1. The van der Waals surface area contributed by atoms with Crippen LogP contribution >= 0.6 is 0 Å². The van der Waals surface area contributed by atoms with Crippen molar-refractivity contribution < 1.29 is 9.53 Å². The molecule has 0 spiro atoms. The van der Waals surface area contributed by atoms with Crippen LogP contribution in [0.1, 0.15) is 54.6 Å². The maximum absolute atomic E-state index is 12.5. The molecular weight excluding hydrogens is 400 g/mol. The van der Waals surface area contributed by atoms with E-state index >= 15 is 0 Å². The van der Waals surface area contributed by atoms with E-state index in [0.717, 1.165) is 50.4 Å². The Balaban J connectivity index is 1.52. The third kappa shape index (κ3) is 8.00. The van der Waals surface area contributed by atoms with Gasteiger partial charge in [0, 0.05) is 31.3 Å². The molecule has 2 unspecified atom stereocenters. The van der Waals surface area contributed by atoms with E-state index in [1.807, 2.05) is 30.3 Å². The van der Waals surface area contributed by atoms with Gasteiger partial charge in [0.05, 0.1) is 12.6 Å². The maximum atomic E-state index is 12.5. The molecule has 0 aromatic heterocycles. The zero-order valence-electron chi connectivity index (χ0n) is 19.3. The summed E-state index contributed by atoms with van der Waals surface area (Å²) in [6.07, 6.45) is 4.27. The van der Waals surface area contributed by atoms with Gasteiger partial charge in [0.25, 0.3) is 5.91 Å². The van der Waals surface area contributed by atoms with Crippen molar-refractivity contribution in [2.45, 2.75) is 58.2 Å². The highest BCUT2D eigenvalue weighted by molar-refractivity contribution is 5.94. The molecule has 32 heavy (non-hydrogen) atoms. The number of carbonyl (C=O) groups is 1. The predicted octanol–water partition coefficient (Wildman–Crippen LogP) is 3.67. The molecule has 1 amide bonds. The zero-order valence-corrected chi connectivity index (χ0v) is 19.3. The molecule has 0 bridgehead atoms. The summed E-state index contributed by atoms with van der Waals surface area (Å²) in [5.74, 6) is 0.729. The number of ether oxygens (including phenoxy) is 1. The first kappa shape index (κ1) is 23.8. The Hall–Kier alpha value is -2.86. The summed E-state index contributed by atoms with van der Waals surface area (Å²) in [4.78, 5) is 17.2. The number of benzene rings is 2. The van der Waals surface area contributed by atoms with Gasteiger partial charge in [0.1, 0.15) is 0 Å². The van der Waals surface area contributed by atoms with E-state index in [-0.39, 0.29) is 12.0 Å². The van der Waals surface area contributed by atoms with Crippen LogP contribution in [-0.4, -0.2) is 43.7 Å². The second kappa shape index (κ2) is 12.9. The van der Waals surface area contributed by atoms with Crippen LogP contribution in [0.3, 0.4) is 0 Å². The van der Waals surface area contributed by atoms with Gasteiger partial charge in [-0.3, -0.25) is 4.79 Å². The van der Waals surface area contributed by atoms with Crippen molar-refractivity contribution in [2.24, 2.45) is 4.99 Å². The number of nitrogens with one attached hydrogen (secondary N) is 3. The number of amides is 1. The minimum atomic E-state index is -0.0640. The van der Waals surface area contributed by atoms with Gasteiger partial charge in [-0.25, -0.2) is 4.99 Å². The minimum Gasteiger partial charge on any atom is -0.376 e. The maximum Gasteiger partial charge on any atom is 0.251 e. The largest absolute Gasteiger partial charge is 0.376 e. The Bertz CT molecular complexity index is 863. The van der Waals surface area contributed by atoms with Crippen LogP contribution in [0, 0.1) is 0 Å². The summed E-state index contributed by atoms with van der Waals surface area (Å²) >= 11 is 0. The highest BCUT2D eigenvalue weighted by atomic mass is 16.5. The molecule has 172 valence electrons. The van der Waals surface area contributed by atoms with E-state index in [0.29, 0.717) is 24.7 Å². The minimum absolute atomic E-state index is 0.0640. The van der Waals surface area contributed by atoms with Gasteiger partial charge < -0.3 is 20.7 Å². The Labute approximate surface area is 191 Å². The Morgan fingerprint density at radius 1 is 1.12 bits per heavy atom. The summed E-state index contributed by atoms with van der Waals surface area (Å²) in [6, 6.07) is 18.5. The number of hydrogen-bond donors (Lipinski definition) is 3. The van der Waals surface area contributed by atoms with Gasteiger partial charge in [-0.1, -0.05) is 42.5 Å². The Kier molecular flexibility index (Phi) is 9.57. The molecule has 1 aliphatic heterocycles. The number of nitrogens with zero attached hydrogens (tertiary/aromatic N) is 1. The number of rotatable bonds is 10. The predicted molar refractivity (Wildman–Crippen MR) is 130 cm³/mol. The van der Waals surface area contributed by atoms with Crippen molar-refractivity contribution in [3.05, 3.63) is 71.3 Å². The van der Waals surface area contributed by atoms with Crippen LogP contribution in [0.5, 0.6) is 0 Å².